The third-order valence-electron chi connectivity index (χ3n) is 2.38. The number of ether oxygens (including phenoxy) is 1. The fourth-order valence-corrected chi connectivity index (χ4v) is 1.90. The zero-order valence-corrected chi connectivity index (χ0v) is 11.0. The Morgan fingerprint density at radius 3 is 2.50 bits per heavy atom. The lowest BCUT2D eigenvalue weighted by atomic mass is 10.0. The highest BCUT2D eigenvalue weighted by molar-refractivity contribution is 6.35. The Balaban J connectivity index is 2.50. The van der Waals surface area contributed by atoms with Crippen LogP contribution in [0.1, 0.15) is 15.9 Å². The van der Waals surface area contributed by atoms with Crippen LogP contribution >= 0.6 is 23.2 Å². The van der Waals surface area contributed by atoms with Gasteiger partial charge in [0, 0.05) is 5.56 Å². The van der Waals surface area contributed by atoms with Crippen molar-refractivity contribution >= 4 is 29.0 Å². The Morgan fingerprint density at radius 1 is 1.11 bits per heavy atom. The number of hydrogen-bond acceptors (Lipinski definition) is 3. The highest BCUT2D eigenvalue weighted by Crippen LogP contribution is 2.25. The number of benzene rings is 1. The Labute approximate surface area is 114 Å². The molecule has 0 aliphatic carbocycles. The van der Waals surface area contributed by atoms with Crippen LogP contribution < -0.4 is 4.74 Å². The van der Waals surface area contributed by atoms with Gasteiger partial charge in [-0.05, 0) is 24.3 Å². The van der Waals surface area contributed by atoms with Crippen molar-refractivity contribution in [2.45, 2.75) is 0 Å². The second kappa shape index (κ2) is 5.38. The van der Waals surface area contributed by atoms with Gasteiger partial charge in [0.05, 0.1) is 17.7 Å². The van der Waals surface area contributed by atoms with E-state index in [1.54, 1.807) is 30.3 Å². The minimum absolute atomic E-state index is 0.187. The van der Waals surface area contributed by atoms with Crippen molar-refractivity contribution in [2.75, 3.05) is 7.11 Å². The molecule has 0 bridgehead atoms. The zero-order valence-electron chi connectivity index (χ0n) is 9.48. The summed E-state index contributed by atoms with van der Waals surface area (Å²) in [4.78, 5) is 16.3. The van der Waals surface area contributed by atoms with Gasteiger partial charge >= 0.3 is 0 Å². The van der Waals surface area contributed by atoms with Gasteiger partial charge in [0.25, 0.3) is 0 Å². The fraction of sp³-hybridized carbons (Fsp3) is 0.0769. The number of nitrogens with zero attached hydrogens (tertiary/aromatic N) is 1. The number of aromatic nitrogens is 1. The van der Waals surface area contributed by atoms with Gasteiger partial charge in [-0.15, -0.1) is 0 Å². The first kappa shape index (κ1) is 12.9. The highest BCUT2D eigenvalue weighted by Gasteiger charge is 2.18. The van der Waals surface area contributed by atoms with Crippen LogP contribution in [0.15, 0.2) is 36.4 Å². The topological polar surface area (TPSA) is 39.2 Å². The van der Waals surface area contributed by atoms with Gasteiger partial charge in [0.2, 0.25) is 5.88 Å². The van der Waals surface area contributed by atoms with Crippen LogP contribution in [0.2, 0.25) is 10.2 Å². The highest BCUT2D eigenvalue weighted by atomic mass is 35.5. The summed E-state index contributed by atoms with van der Waals surface area (Å²) in [7, 11) is 1.43. The van der Waals surface area contributed by atoms with Gasteiger partial charge in [-0.3, -0.25) is 4.79 Å². The van der Waals surface area contributed by atoms with Crippen LogP contribution in [0.25, 0.3) is 0 Å². The standard InChI is InChI=1S/C13H9Cl2NO2/c1-18-13-9(6-7-11(15)16-13)12(17)8-4-2-3-5-10(8)14/h2-7H,1H3. The minimum Gasteiger partial charge on any atom is -0.480 e. The van der Waals surface area contributed by atoms with Crippen molar-refractivity contribution < 1.29 is 9.53 Å². The Hall–Kier alpha value is -1.58. The van der Waals surface area contributed by atoms with E-state index >= 15 is 0 Å². The smallest absolute Gasteiger partial charge is 0.225 e. The average molecular weight is 282 g/mol. The summed E-state index contributed by atoms with van der Waals surface area (Å²) in [6, 6.07) is 9.92. The van der Waals surface area contributed by atoms with Crippen LogP contribution in [0.5, 0.6) is 5.88 Å². The van der Waals surface area contributed by atoms with Crippen LogP contribution in [-0.4, -0.2) is 17.9 Å². The molecular weight excluding hydrogens is 273 g/mol. The molecule has 0 fully saturated rings. The molecule has 92 valence electrons. The maximum atomic E-state index is 12.3. The van der Waals surface area contributed by atoms with E-state index in [1.807, 2.05) is 0 Å². The monoisotopic (exact) mass is 281 g/mol. The number of pyridine rings is 1. The number of methoxy groups -OCH3 is 1. The van der Waals surface area contributed by atoms with Crippen molar-refractivity contribution in [3.63, 3.8) is 0 Å². The molecule has 0 saturated carbocycles. The predicted molar refractivity (Wildman–Crippen MR) is 70.7 cm³/mol. The molecule has 0 aliphatic heterocycles. The molecule has 1 aromatic carbocycles. The molecule has 2 rings (SSSR count). The molecule has 2 aromatic rings. The lowest BCUT2D eigenvalue weighted by Gasteiger charge is -2.07. The normalized spacial score (nSPS) is 10.2. The average Bonchev–Trinajstić information content (AvgIpc) is 2.38. The molecule has 0 saturated heterocycles. The van der Waals surface area contributed by atoms with Crippen molar-refractivity contribution in [3.8, 4) is 5.88 Å². The lowest BCUT2D eigenvalue weighted by Crippen LogP contribution is -2.06. The van der Waals surface area contributed by atoms with E-state index in [9.17, 15) is 4.79 Å². The second-order valence-electron chi connectivity index (χ2n) is 3.50. The van der Waals surface area contributed by atoms with Crippen molar-refractivity contribution in [3.05, 3.63) is 57.7 Å². The van der Waals surface area contributed by atoms with Crippen LogP contribution in [0.4, 0.5) is 0 Å². The van der Waals surface area contributed by atoms with E-state index in [4.69, 9.17) is 27.9 Å². The molecule has 1 heterocycles. The molecule has 0 N–H and O–H groups in total. The number of rotatable bonds is 3. The van der Waals surface area contributed by atoms with E-state index in [0.717, 1.165) is 0 Å². The number of halogens is 2. The number of ketones is 1. The van der Waals surface area contributed by atoms with Crippen LogP contribution in [0, 0.1) is 0 Å². The Morgan fingerprint density at radius 2 is 1.83 bits per heavy atom. The first-order chi connectivity index (χ1) is 8.63. The van der Waals surface area contributed by atoms with Crippen molar-refractivity contribution in [1.82, 2.24) is 4.98 Å². The predicted octanol–water partition coefficient (Wildman–Crippen LogP) is 3.63. The summed E-state index contributed by atoms with van der Waals surface area (Å²) in [5.74, 6) is -0.0611. The molecule has 0 amide bonds. The summed E-state index contributed by atoms with van der Waals surface area (Å²) in [5.41, 5.74) is 0.733. The molecule has 0 aliphatic rings. The molecule has 1 aromatic heterocycles. The van der Waals surface area contributed by atoms with Crippen molar-refractivity contribution in [1.29, 1.82) is 0 Å². The first-order valence-electron chi connectivity index (χ1n) is 5.13. The van der Waals surface area contributed by atoms with Gasteiger partial charge < -0.3 is 4.74 Å². The van der Waals surface area contributed by atoms with E-state index < -0.39 is 0 Å². The maximum absolute atomic E-state index is 12.3. The Bertz CT molecular complexity index is 599. The van der Waals surface area contributed by atoms with E-state index in [0.29, 0.717) is 16.1 Å². The first-order valence-corrected chi connectivity index (χ1v) is 5.89. The molecular formula is C13H9Cl2NO2. The molecule has 0 radical (unpaired) electrons. The van der Waals surface area contributed by atoms with E-state index in [-0.39, 0.29) is 16.8 Å². The van der Waals surface area contributed by atoms with Crippen LogP contribution in [-0.2, 0) is 0 Å². The van der Waals surface area contributed by atoms with Gasteiger partial charge in [0.1, 0.15) is 5.15 Å². The minimum atomic E-state index is -0.249. The summed E-state index contributed by atoms with van der Waals surface area (Å²) in [5, 5.41) is 0.655. The van der Waals surface area contributed by atoms with Gasteiger partial charge in [-0.25, -0.2) is 4.98 Å². The summed E-state index contributed by atoms with van der Waals surface area (Å²) in [6.45, 7) is 0. The number of carbonyl (C=O) groups excluding carboxylic acids is 1. The lowest BCUT2D eigenvalue weighted by molar-refractivity contribution is 0.103. The molecule has 0 atom stereocenters. The third-order valence-corrected chi connectivity index (χ3v) is 2.92. The van der Waals surface area contributed by atoms with Crippen molar-refractivity contribution in [2.24, 2.45) is 0 Å². The number of carbonyl (C=O) groups is 1. The summed E-state index contributed by atoms with van der Waals surface area (Å²) >= 11 is 11.7. The second-order valence-corrected chi connectivity index (χ2v) is 4.29. The summed E-state index contributed by atoms with van der Waals surface area (Å²) in [6.07, 6.45) is 0. The molecule has 5 heteroatoms. The molecule has 18 heavy (non-hydrogen) atoms. The Kier molecular flexibility index (Phi) is 3.84. The largest absolute Gasteiger partial charge is 0.480 e. The molecule has 3 nitrogen and oxygen atoms in total. The fourth-order valence-electron chi connectivity index (χ4n) is 1.54. The molecule has 0 unspecified atom stereocenters. The SMILES string of the molecule is COc1nc(Cl)ccc1C(=O)c1ccccc1Cl. The third kappa shape index (κ3) is 2.47. The summed E-state index contributed by atoms with van der Waals surface area (Å²) < 4.78 is 5.05. The maximum Gasteiger partial charge on any atom is 0.225 e. The zero-order chi connectivity index (χ0) is 13.1. The van der Waals surface area contributed by atoms with E-state index in [1.165, 1.54) is 13.2 Å². The quantitative estimate of drug-likeness (QED) is 0.637. The van der Waals surface area contributed by atoms with Gasteiger partial charge in [-0.2, -0.15) is 0 Å². The number of hydrogen-bond donors (Lipinski definition) is 0. The van der Waals surface area contributed by atoms with Crippen LogP contribution in [0.3, 0.4) is 0 Å². The molecule has 0 spiro atoms. The van der Waals surface area contributed by atoms with Gasteiger partial charge in [-0.1, -0.05) is 35.3 Å². The van der Waals surface area contributed by atoms with Gasteiger partial charge in [0.15, 0.2) is 5.78 Å². The van der Waals surface area contributed by atoms with E-state index in [2.05, 4.69) is 4.98 Å².